The number of nitrogens with one attached hydrogen (secondary N) is 1. The van der Waals surface area contributed by atoms with E-state index in [0.717, 1.165) is 0 Å². The van der Waals surface area contributed by atoms with Gasteiger partial charge in [0, 0.05) is 13.1 Å². The maximum atomic E-state index is 8.33. The van der Waals surface area contributed by atoms with Crippen LogP contribution in [0, 0.1) is 0 Å². The lowest BCUT2D eigenvalue weighted by Crippen LogP contribution is -2.21. The van der Waals surface area contributed by atoms with Crippen LogP contribution in [0.4, 0.5) is 0 Å². The molecular formula is C4H11NO2. The van der Waals surface area contributed by atoms with Crippen LogP contribution in [0.3, 0.4) is 0 Å². The van der Waals surface area contributed by atoms with Crippen molar-refractivity contribution in [3.63, 3.8) is 0 Å². The Balaban J connectivity index is 2.91. The number of hydrogen-bond donors (Lipinski definition) is 3. The normalized spacial score (nSPS) is 22.6. The third-order valence-corrected chi connectivity index (χ3v) is 0.471. The van der Waals surface area contributed by atoms with Gasteiger partial charge in [-0.05, 0) is 0 Å². The minimum Gasteiger partial charge on any atom is -0.395 e. The second-order valence-electron chi connectivity index (χ2n) is 1.02. The van der Waals surface area contributed by atoms with E-state index in [0.29, 0.717) is 0 Å². The van der Waals surface area contributed by atoms with Crippen LogP contribution in [0.1, 0.15) is 2.74 Å². The van der Waals surface area contributed by atoms with Crippen LogP contribution in [-0.2, 0) is 0 Å². The predicted octanol–water partition coefficient (Wildman–Crippen LogP) is -1.44. The number of aliphatic hydroxyl groups excluding tert-OH is 2. The van der Waals surface area contributed by atoms with Gasteiger partial charge in [0.2, 0.25) is 0 Å². The standard InChI is InChI=1S/C4H11NO2/c6-3-1-5-2-4-7/h5-7H,1-4H2/i3T,4T. The summed E-state index contributed by atoms with van der Waals surface area (Å²) in [5, 5.41) is 19.2. The minimum atomic E-state index is -1.16. The van der Waals surface area contributed by atoms with Gasteiger partial charge >= 0.3 is 0 Å². The lowest BCUT2D eigenvalue weighted by atomic mass is 10.6. The molecule has 2 unspecified atom stereocenters. The Morgan fingerprint density at radius 3 is 2.00 bits per heavy atom. The molecule has 3 N–H and O–H groups in total. The zero-order valence-corrected chi connectivity index (χ0v) is 3.96. The second-order valence-corrected chi connectivity index (χ2v) is 1.02. The van der Waals surface area contributed by atoms with E-state index >= 15 is 0 Å². The fourth-order valence-corrected chi connectivity index (χ4v) is 0.212. The molecule has 0 aromatic carbocycles. The van der Waals surface area contributed by atoms with E-state index in [9.17, 15) is 0 Å². The van der Waals surface area contributed by atoms with Crippen LogP contribution < -0.4 is 5.32 Å². The fourth-order valence-electron chi connectivity index (χ4n) is 0.212. The molecule has 7 heavy (non-hydrogen) atoms. The van der Waals surface area contributed by atoms with Crippen molar-refractivity contribution < 1.29 is 13.0 Å². The Hall–Kier alpha value is -0.120. The van der Waals surface area contributed by atoms with Crippen molar-refractivity contribution in [3.8, 4) is 0 Å². The molecule has 0 rings (SSSR count). The van der Waals surface area contributed by atoms with Gasteiger partial charge in [-0.1, -0.05) is 0 Å². The van der Waals surface area contributed by atoms with Crippen molar-refractivity contribution >= 4 is 0 Å². The highest BCUT2D eigenvalue weighted by Crippen LogP contribution is 1.54. The molecule has 0 aromatic heterocycles. The van der Waals surface area contributed by atoms with Crippen molar-refractivity contribution in [3.05, 3.63) is 0 Å². The molecule has 3 nitrogen and oxygen atoms in total. The van der Waals surface area contributed by atoms with E-state index < -0.39 is 13.2 Å². The van der Waals surface area contributed by atoms with Crippen LogP contribution in [0.25, 0.3) is 0 Å². The SMILES string of the molecule is [3H]C(O)CNCC([3H])O. The van der Waals surface area contributed by atoms with Gasteiger partial charge in [-0.15, -0.1) is 0 Å². The molecule has 0 fully saturated rings. The van der Waals surface area contributed by atoms with Crippen LogP contribution in [0.15, 0.2) is 0 Å². The first-order valence-corrected chi connectivity index (χ1v) is 2.04. The molecule has 0 amide bonds. The Bertz CT molecular complexity index is 61.6. The molecule has 0 saturated heterocycles. The van der Waals surface area contributed by atoms with Crippen LogP contribution in [0.2, 0.25) is 0 Å². The fraction of sp³-hybridized carbons (Fsp3) is 1.00. The lowest BCUT2D eigenvalue weighted by Gasteiger charge is -1.94. The number of aliphatic hydroxyl groups is 2. The van der Waals surface area contributed by atoms with Gasteiger partial charge in [-0.25, -0.2) is 0 Å². The van der Waals surface area contributed by atoms with Gasteiger partial charge in [-0.2, -0.15) is 0 Å². The molecule has 0 heterocycles. The summed E-state index contributed by atoms with van der Waals surface area (Å²) in [7, 11) is 0. The third-order valence-electron chi connectivity index (χ3n) is 0.471. The largest absolute Gasteiger partial charge is 0.395 e. The molecule has 0 aromatic rings. The molecule has 0 saturated carbocycles. The van der Waals surface area contributed by atoms with Crippen molar-refractivity contribution in [2.75, 3.05) is 26.3 Å². The average Bonchev–Trinajstić information content (AvgIpc) is 1.63. The molecule has 0 spiro atoms. The van der Waals surface area contributed by atoms with Crippen molar-refractivity contribution in [1.29, 1.82) is 0 Å². The van der Waals surface area contributed by atoms with E-state index in [1.165, 1.54) is 0 Å². The molecule has 0 aliphatic rings. The third kappa shape index (κ3) is 5.88. The number of rotatable bonds is 4. The van der Waals surface area contributed by atoms with Gasteiger partial charge in [0.1, 0.15) is 0 Å². The Morgan fingerprint density at radius 2 is 1.71 bits per heavy atom. The predicted molar refractivity (Wildman–Crippen MR) is 27.0 cm³/mol. The molecule has 3 heteroatoms. The first kappa shape index (κ1) is 3.83. The molecular weight excluding hydrogens is 94.0 g/mol. The van der Waals surface area contributed by atoms with Gasteiger partial charge in [-0.3, -0.25) is 0 Å². The summed E-state index contributed by atoms with van der Waals surface area (Å²) in [5.74, 6) is 0. The summed E-state index contributed by atoms with van der Waals surface area (Å²) in [6.45, 7) is -2.14. The summed E-state index contributed by atoms with van der Waals surface area (Å²) in [6.07, 6.45) is 0. The van der Waals surface area contributed by atoms with Crippen molar-refractivity contribution in [1.82, 2.24) is 5.32 Å². The Morgan fingerprint density at radius 1 is 1.29 bits per heavy atom. The zero-order valence-electron chi connectivity index (χ0n) is 5.96. The summed E-state index contributed by atoms with van der Waals surface area (Å²) in [6, 6.07) is 0. The van der Waals surface area contributed by atoms with Gasteiger partial charge in [0.25, 0.3) is 0 Å². The van der Waals surface area contributed by atoms with Crippen molar-refractivity contribution in [2.24, 2.45) is 0 Å². The van der Waals surface area contributed by atoms with E-state index in [2.05, 4.69) is 5.32 Å². The van der Waals surface area contributed by atoms with Crippen LogP contribution in [-0.4, -0.2) is 36.5 Å². The molecule has 0 aliphatic heterocycles. The van der Waals surface area contributed by atoms with Gasteiger partial charge in [0.15, 0.2) is 0 Å². The second kappa shape index (κ2) is 5.88. The summed E-state index contributed by atoms with van der Waals surface area (Å²) in [4.78, 5) is 0. The highest BCUT2D eigenvalue weighted by molar-refractivity contribution is 4.39. The smallest absolute Gasteiger partial charge is 0.0577 e. The molecule has 2 atom stereocenters. The van der Waals surface area contributed by atoms with Crippen LogP contribution in [0.5, 0.6) is 0 Å². The first-order chi connectivity index (χ1) is 4.13. The average molecular weight is 109 g/mol. The first-order valence-electron chi connectivity index (χ1n) is 3.19. The van der Waals surface area contributed by atoms with E-state index in [4.69, 9.17) is 13.0 Å². The maximum absolute atomic E-state index is 8.33. The van der Waals surface area contributed by atoms with Gasteiger partial charge < -0.3 is 15.5 Å². The van der Waals surface area contributed by atoms with Crippen LogP contribution >= 0.6 is 0 Å². The topological polar surface area (TPSA) is 52.5 Å². The summed E-state index contributed by atoms with van der Waals surface area (Å²) in [5.41, 5.74) is 0. The van der Waals surface area contributed by atoms with E-state index in [-0.39, 0.29) is 13.1 Å². The molecule has 0 radical (unpaired) electrons. The number of hydrogen-bond acceptors (Lipinski definition) is 3. The van der Waals surface area contributed by atoms with Crippen molar-refractivity contribution in [2.45, 2.75) is 0 Å². The quantitative estimate of drug-likeness (QED) is 0.414. The van der Waals surface area contributed by atoms with E-state index in [1.807, 2.05) is 0 Å². The highest BCUT2D eigenvalue weighted by atomic mass is 16.3. The summed E-state index contributed by atoms with van der Waals surface area (Å²) < 4.78 is 13.1. The molecule has 0 bridgehead atoms. The Kier molecular flexibility index (Phi) is 3.22. The highest BCUT2D eigenvalue weighted by Gasteiger charge is 1.78. The molecule has 44 valence electrons. The Labute approximate surface area is 45.8 Å². The lowest BCUT2D eigenvalue weighted by molar-refractivity contribution is 0.267. The zero-order chi connectivity index (χ0) is 7.28. The molecule has 0 aliphatic carbocycles. The van der Waals surface area contributed by atoms with E-state index in [1.54, 1.807) is 0 Å². The van der Waals surface area contributed by atoms with Gasteiger partial charge in [0.05, 0.1) is 15.9 Å². The maximum Gasteiger partial charge on any atom is 0.0577 e. The monoisotopic (exact) mass is 109 g/mol. The summed E-state index contributed by atoms with van der Waals surface area (Å²) >= 11 is 0. The minimum absolute atomic E-state index is 0.0932.